The first-order chi connectivity index (χ1) is 14.1. The summed E-state index contributed by atoms with van der Waals surface area (Å²) in [5.74, 6) is 0.185. The van der Waals surface area contributed by atoms with Crippen molar-refractivity contribution >= 4 is 16.7 Å². The molecule has 0 aliphatic carbocycles. The van der Waals surface area contributed by atoms with Gasteiger partial charge in [0.05, 0.1) is 0 Å². The zero-order valence-electron chi connectivity index (χ0n) is 18.1. The molecule has 0 aliphatic heterocycles. The van der Waals surface area contributed by atoms with Crippen molar-refractivity contribution < 1.29 is 5.11 Å². The number of rotatable bonds is 3. The van der Waals surface area contributed by atoms with Crippen LogP contribution in [0.15, 0.2) is 60.7 Å². The highest BCUT2D eigenvalue weighted by atomic mass is 16.3. The Morgan fingerprint density at radius 3 is 2.13 bits per heavy atom. The third kappa shape index (κ3) is 3.41. The number of aromatic nitrogens is 3. The summed E-state index contributed by atoms with van der Waals surface area (Å²) in [7, 11) is 0. The molecule has 0 radical (unpaired) electrons. The minimum absolute atomic E-state index is 0.110. The number of hydrogen-bond donors (Lipinski definition) is 2. The van der Waals surface area contributed by atoms with E-state index in [4.69, 9.17) is 5.73 Å². The van der Waals surface area contributed by atoms with Gasteiger partial charge in [0.2, 0.25) is 0 Å². The van der Waals surface area contributed by atoms with E-state index in [1.165, 1.54) is 4.80 Å². The van der Waals surface area contributed by atoms with E-state index >= 15 is 0 Å². The predicted molar refractivity (Wildman–Crippen MR) is 122 cm³/mol. The summed E-state index contributed by atoms with van der Waals surface area (Å²) in [6.45, 7) is 10.7. The fourth-order valence-electron chi connectivity index (χ4n) is 3.73. The number of fused-ring (bicyclic) bond motifs is 1. The van der Waals surface area contributed by atoms with Gasteiger partial charge in [-0.1, -0.05) is 71.0 Å². The van der Waals surface area contributed by atoms with Gasteiger partial charge in [-0.25, -0.2) is 0 Å². The molecule has 0 atom stereocenters. The number of aromatic hydroxyl groups is 1. The summed E-state index contributed by atoms with van der Waals surface area (Å²) in [5, 5.41) is 20.6. The fraction of sp³-hybridized carbons (Fsp3) is 0.280. The molecule has 0 bridgehead atoms. The monoisotopic (exact) mass is 400 g/mol. The lowest BCUT2D eigenvalue weighted by Gasteiger charge is -2.30. The van der Waals surface area contributed by atoms with Crippen molar-refractivity contribution in [3.8, 4) is 11.4 Å². The van der Waals surface area contributed by atoms with E-state index < -0.39 is 5.41 Å². The second-order valence-electron chi connectivity index (χ2n) is 9.37. The maximum Gasteiger partial charge on any atom is 0.147 e. The van der Waals surface area contributed by atoms with Crippen LogP contribution in [0.4, 0.5) is 5.69 Å². The Hall–Kier alpha value is -3.34. The van der Waals surface area contributed by atoms with E-state index in [0.717, 1.165) is 22.2 Å². The summed E-state index contributed by atoms with van der Waals surface area (Å²) >= 11 is 0. The molecule has 5 heteroatoms. The summed E-state index contributed by atoms with van der Waals surface area (Å²) in [6.07, 6.45) is 0. The summed E-state index contributed by atoms with van der Waals surface area (Å²) < 4.78 is 0. The van der Waals surface area contributed by atoms with E-state index in [0.29, 0.717) is 16.9 Å². The van der Waals surface area contributed by atoms with Crippen molar-refractivity contribution in [2.45, 2.75) is 45.4 Å². The minimum atomic E-state index is -0.404. The van der Waals surface area contributed by atoms with Crippen molar-refractivity contribution in [3.05, 3.63) is 77.4 Å². The highest BCUT2D eigenvalue weighted by molar-refractivity contribution is 5.78. The molecule has 5 nitrogen and oxygen atoms in total. The van der Waals surface area contributed by atoms with Gasteiger partial charge in [-0.2, -0.15) is 0 Å². The lowest BCUT2D eigenvalue weighted by molar-refractivity contribution is 0.444. The van der Waals surface area contributed by atoms with Crippen LogP contribution in [0.3, 0.4) is 0 Å². The largest absolute Gasteiger partial charge is 0.505 e. The molecule has 4 rings (SSSR count). The van der Waals surface area contributed by atoms with Gasteiger partial charge >= 0.3 is 0 Å². The smallest absolute Gasteiger partial charge is 0.147 e. The van der Waals surface area contributed by atoms with Crippen LogP contribution in [0.25, 0.3) is 16.7 Å². The van der Waals surface area contributed by atoms with Crippen LogP contribution in [-0.4, -0.2) is 20.1 Å². The standard InChI is InChI=1S/C25H28N4O/c1-24(2,3)17-13-19(25(4,5)16-9-7-6-8-10-16)23(30)22(14-17)29-27-20-12-11-18(26)15-21(20)28-29/h6-15,30H,26H2,1-5H3. The van der Waals surface area contributed by atoms with Crippen molar-refractivity contribution in [1.29, 1.82) is 0 Å². The number of phenols is 1. The molecular weight excluding hydrogens is 372 g/mol. The molecule has 1 aromatic heterocycles. The maximum absolute atomic E-state index is 11.4. The molecule has 0 amide bonds. The van der Waals surface area contributed by atoms with Crippen molar-refractivity contribution in [2.24, 2.45) is 0 Å². The number of nitrogen functional groups attached to an aromatic ring is 1. The number of benzene rings is 3. The molecule has 0 fully saturated rings. The SMILES string of the molecule is CC(C)(C)c1cc(-n2nc3ccc(N)cc3n2)c(O)c(C(C)(C)c2ccccc2)c1. The van der Waals surface area contributed by atoms with E-state index in [1.54, 1.807) is 12.1 Å². The van der Waals surface area contributed by atoms with Gasteiger partial charge in [-0.3, -0.25) is 0 Å². The Kier molecular flexibility index (Phi) is 4.57. The molecule has 0 spiro atoms. The summed E-state index contributed by atoms with van der Waals surface area (Å²) in [5.41, 5.74) is 11.1. The maximum atomic E-state index is 11.4. The molecule has 0 unspecified atom stereocenters. The molecule has 4 aromatic rings. The first-order valence-electron chi connectivity index (χ1n) is 10.1. The van der Waals surface area contributed by atoms with Crippen molar-refractivity contribution in [2.75, 3.05) is 5.73 Å². The average Bonchev–Trinajstić information content (AvgIpc) is 3.10. The zero-order valence-corrected chi connectivity index (χ0v) is 18.1. The van der Waals surface area contributed by atoms with E-state index in [-0.39, 0.29) is 11.2 Å². The van der Waals surface area contributed by atoms with Crippen LogP contribution >= 0.6 is 0 Å². The van der Waals surface area contributed by atoms with E-state index in [2.05, 4.69) is 63.0 Å². The highest BCUT2D eigenvalue weighted by Gasteiger charge is 2.30. The Bertz CT molecular complexity index is 1220. The van der Waals surface area contributed by atoms with Gasteiger partial charge in [-0.05, 0) is 40.8 Å². The molecule has 154 valence electrons. The summed E-state index contributed by atoms with van der Waals surface area (Å²) in [6, 6.07) is 19.7. The number of nitrogens with two attached hydrogens (primary N) is 1. The van der Waals surface area contributed by atoms with Crippen LogP contribution in [-0.2, 0) is 10.8 Å². The molecule has 1 heterocycles. The van der Waals surface area contributed by atoms with E-state index in [1.807, 2.05) is 30.3 Å². The lowest BCUT2D eigenvalue weighted by atomic mass is 9.75. The average molecular weight is 401 g/mol. The Morgan fingerprint density at radius 1 is 0.800 bits per heavy atom. The second-order valence-corrected chi connectivity index (χ2v) is 9.37. The van der Waals surface area contributed by atoms with Crippen LogP contribution < -0.4 is 5.73 Å². The fourth-order valence-corrected chi connectivity index (χ4v) is 3.73. The number of hydrogen-bond acceptors (Lipinski definition) is 4. The first kappa shape index (κ1) is 20.0. The molecular formula is C25H28N4O. The quantitative estimate of drug-likeness (QED) is 0.456. The minimum Gasteiger partial charge on any atom is -0.505 e. The third-order valence-corrected chi connectivity index (χ3v) is 5.74. The normalized spacial score (nSPS) is 12.4. The molecule has 0 aliphatic rings. The lowest BCUT2D eigenvalue weighted by Crippen LogP contribution is -2.22. The van der Waals surface area contributed by atoms with Gasteiger partial charge in [-0.15, -0.1) is 15.0 Å². The topological polar surface area (TPSA) is 77.0 Å². The van der Waals surface area contributed by atoms with Gasteiger partial charge in [0, 0.05) is 16.7 Å². The van der Waals surface area contributed by atoms with Crippen LogP contribution in [0.5, 0.6) is 5.75 Å². The number of anilines is 1. The highest BCUT2D eigenvalue weighted by Crippen LogP contribution is 2.42. The second kappa shape index (κ2) is 6.87. The number of phenolic OH excluding ortho intramolecular Hbond substituents is 1. The Morgan fingerprint density at radius 2 is 1.47 bits per heavy atom. The van der Waals surface area contributed by atoms with Gasteiger partial charge in [0.1, 0.15) is 22.5 Å². The van der Waals surface area contributed by atoms with E-state index in [9.17, 15) is 5.11 Å². The van der Waals surface area contributed by atoms with Gasteiger partial charge < -0.3 is 10.8 Å². The van der Waals surface area contributed by atoms with Crippen LogP contribution in [0.2, 0.25) is 0 Å². The van der Waals surface area contributed by atoms with Crippen LogP contribution in [0, 0.1) is 0 Å². The molecule has 3 N–H and O–H groups in total. The third-order valence-electron chi connectivity index (χ3n) is 5.74. The Balaban J connectivity index is 1.98. The van der Waals surface area contributed by atoms with Crippen LogP contribution in [0.1, 0.15) is 51.3 Å². The zero-order chi connectivity index (χ0) is 21.7. The predicted octanol–water partition coefficient (Wildman–Crippen LogP) is 5.33. The molecule has 3 aromatic carbocycles. The van der Waals surface area contributed by atoms with Gasteiger partial charge in [0.15, 0.2) is 0 Å². The first-order valence-corrected chi connectivity index (χ1v) is 10.1. The summed E-state index contributed by atoms with van der Waals surface area (Å²) in [4.78, 5) is 1.51. The van der Waals surface area contributed by atoms with Crippen molar-refractivity contribution in [3.63, 3.8) is 0 Å². The molecule has 0 saturated heterocycles. The Labute approximate surface area is 177 Å². The molecule has 0 saturated carbocycles. The van der Waals surface area contributed by atoms with Crippen molar-refractivity contribution in [1.82, 2.24) is 15.0 Å². The number of nitrogens with zero attached hydrogens (tertiary/aromatic N) is 3. The molecule has 30 heavy (non-hydrogen) atoms. The van der Waals surface area contributed by atoms with Gasteiger partial charge in [0.25, 0.3) is 0 Å².